The second kappa shape index (κ2) is 5.24. The van der Waals surface area contributed by atoms with Crippen LogP contribution in [0.2, 0.25) is 0 Å². The maximum Gasteiger partial charge on any atom is 0.326 e. The fraction of sp³-hybridized carbons (Fsp3) is 0.375. The summed E-state index contributed by atoms with van der Waals surface area (Å²) in [6.45, 7) is 2.26. The van der Waals surface area contributed by atoms with Crippen molar-refractivity contribution in [2.45, 2.75) is 31.7 Å². The van der Waals surface area contributed by atoms with Crippen molar-refractivity contribution < 1.29 is 19.1 Å². The number of furan rings is 1. The van der Waals surface area contributed by atoms with Gasteiger partial charge >= 0.3 is 5.97 Å². The second-order valence-electron chi connectivity index (χ2n) is 5.44. The number of carbonyl (C=O) groups excluding carboxylic acids is 1. The van der Waals surface area contributed by atoms with Gasteiger partial charge in [0.2, 0.25) is 5.91 Å². The van der Waals surface area contributed by atoms with Crippen LogP contribution in [0.25, 0.3) is 11.0 Å². The molecule has 5 heteroatoms. The van der Waals surface area contributed by atoms with Crippen molar-refractivity contribution in [2.24, 2.45) is 0 Å². The van der Waals surface area contributed by atoms with Crippen LogP contribution in [0, 0.1) is 0 Å². The minimum absolute atomic E-state index is 0.182. The first-order valence-corrected chi connectivity index (χ1v) is 7.09. The molecule has 5 nitrogen and oxygen atoms in total. The Labute approximate surface area is 122 Å². The monoisotopic (exact) mass is 287 g/mol. The van der Waals surface area contributed by atoms with Crippen LogP contribution >= 0.6 is 0 Å². The fourth-order valence-electron chi connectivity index (χ4n) is 2.87. The molecule has 0 aliphatic carbocycles. The van der Waals surface area contributed by atoms with Gasteiger partial charge in [-0.05, 0) is 31.9 Å². The minimum Gasteiger partial charge on any atom is -0.480 e. The van der Waals surface area contributed by atoms with E-state index < -0.39 is 17.9 Å². The van der Waals surface area contributed by atoms with E-state index in [0.717, 1.165) is 17.4 Å². The Morgan fingerprint density at radius 1 is 1.38 bits per heavy atom. The molecule has 1 aromatic heterocycles. The summed E-state index contributed by atoms with van der Waals surface area (Å²) in [6, 6.07) is 8.72. The lowest BCUT2D eigenvalue weighted by molar-refractivity contribution is -0.148. The Bertz CT molecular complexity index is 657. The molecule has 21 heavy (non-hydrogen) atoms. The molecule has 1 fully saturated rings. The highest BCUT2D eigenvalue weighted by Gasteiger charge is 2.36. The maximum atomic E-state index is 12.5. The van der Waals surface area contributed by atoms with Gasteiger partial charge in [-0.25, -0.2) is 4.79 Å². The SMILES string of the molecule is CC(C(=O)N1CCC[C@@H]1C(=O)O)c1cc2ccccc2o1. The van der Waals surface area contributed by atoms with Crippen LogP contribution in [0.15, 0.2) is 34.7 Å². The first-order valence-electron chi connectivity index (χ1n) is 7.09. The van der Waals surface area contributed by atoms with Crippen molar-refractivity contribution in [3.8, 4) is 0 Å². The van der Waals surface area contributed by atoms with Crippen LogP contribution in [0.5, 0.6) is 0 Å². The number of rotatable bonds is 3. The van der Waals surface area contributed by atoms with E-state index >= 15 is 0 Å². The van der Waals surface area contributed by atoms with Gasteiger partial charge in [-0.3, -0.25) is 4.79 Å². The van der Waals surface area contributed by atoms with Gasteiger partial charge in [0.05, 0.1) is 5.92 Å². The van der Waals surface area contributed by atoms with Gasteiger partial charge in [-0.2, -0.15) is 0 Å². The molecule has 1 aliphatic rings. The number of aliphatic carboxylic acids is 1. The molecule has 3 rings (SSSR count). The molecule has 2 aromatic rings. The molecule has 110 valence electrons. The van der Waals surface area contributed by atoms with E-state index in [-0.39, 0.29) is 5.91 Å². The normalized spacial score (nSPS) is 19.9. The van der Waals surface area contributed by atoms with Gasteiger partial charge < -0.3 is 14.4 Å². The Balaban J connectivity index is 1.85. The molecule has 0 spiro atoms. The van der Waals surface area contributed by atoms with Crippen molar-refractivity contribution >= 4 is 22.8 Å². The number of para-hydroxylation sites is 1. The summed E-state index contributed by atoms with van der Waals surface area (Å²) < 4.78 is 5.71. The number of benzene rings is 1. The zero-order chi connectivity index (χ0) is 15.0. The molecule has 2 heterocycles. The lowest BCUT2D eigenvalue weighted by Crippen LogP contribution is -2.42. The number of carboxylic acids is 1. The van der Waals surface area contributed by atoms with Crippen molar-refractivity contribution in [2.75, 3.05) is 6.54 Å². The predicted octanol–water partition coefficient (Wildman–Crippen LogP) is 2.61. The highest BCUT2D eigenvalue weighted by Crippen LogP contribution is 2.28. The number of carboxylic acid groups (broad SMARTS) is 1. The van der Waals surface area contributed by atoms with Gasteiger partial charge in [0, 0.05) is 11.9 Å². The van der Waals surface area contributed by atoms with Crippen molar-refractivity contribution in [3.05, 3.63) is 36.1 Å². The number of hydrogen-bond acceptors (Lipinski definition) is 3. The van der Waals surface area contributed by atoms with Gasteiger partial charge in [0.1, 0.15) is 17.4 Å². The molecule has 1 unspecified atom stereocenters. The summed E-state index contributed by atoms with van der Waals surface area (Å²) in [6.07, 6.45) is 1.25. The Morgan fingerprint density at radius 3 is 2.86 bits per heavy atom. The lowest BCUT2D eigenvalue weighted by atomic mass is 10.1. The van der Waals surface area contributed by atoms with Crippen molar-refractivity contribution in [3.63, 3.8) is 0 Å². The number of amides is 1. The molecule has 0 saturated carbocycles. The lowest BCUT2D eigenvalue weighted by Gasteiger charge is -2.24. The van der Waals surface area contributed by atoms with Crippen LogP contribution in [-0.4, -0.2) is 34.5 Å². The van der Waals surface area contributed by atoms with E-state index in [0.29, 0.717) is 18.7 Å². The number of nitrogens with zero attached hydrogens (tertiary/aromatic N) is 1. The molecule has 1 aromatic carbocycles. The zero-order valence-corrected chi connectivity index (χ0v) is 11.8. The number of carbonyl (C=O) groups is 2. The summed E-state index contributed by atoms with van der Waals surface area (Å²) >= 11 is 0. The average molecular weight is 287 g/mol. The summed E-state index contributed by atoms with van der Waals surface area (Å²) in [5.41, 5.74) is 0.739. The zero-order valence-electron chi connectivity index (χ0n) is 11.8. The summed E-state index contributed by atoms with van der Waals surface area (Å²) in [7, 11) is 0. The molecule has 2 atom stereocenters. The predicted molar refractivity (Wildman–Crippen MR) is 77.0 cm³/mol. The minimum atomic E-state index is -0.933. The van der Waals surface area contributed by atoms with E-state index in [1.165, 1.54) is 4.90 Å². The van der Waals surface area contributed by atoms with Gasteiger partial charge in [0.25, 0.3) is 0 Å². The van der Waals surface area contributed by atoms with Crippen LogP contribution in [0.4, 0.5) is 0 Å². The first-order chi connectivity index (χ1) is 10.1. The maximum absolute atomic E-state index is 12.5. The molecule has 1 amide bonds. The quantitative estimate of drug-likeness (QED) is 0.942. The smallest absolute Gasteiger partial charge is 0.326 e. The van der Waals surface area contributed by atoms with E-state index in [1.807, 2.05) is 30.3 Å². The van der Waals surface area contributed by atoms with E-state index in [2.05, 4.69) is 0 Å². The summed E-state index contributed by atoms with van der Waals surface area (Å²) in [5.74, 6) is -1.01. The van der Waals surface area contributed by atoms with Gasteiger partial charge in [-0.15, -0.1) is 0 Å². The number of hydrogen-bond donors (Lipinski definition) is 1. The Kier molecular flexibility index (Phi) is 3.41. The summed E-state index contributed by atoms with van der Waals surface area (Å²) in [5, 5.41) is 10.1. The summed E-state index contributed by atoms with van der Waals surface area (Å²) in [4.78, 5) is 25.2. The third-order valence-electron chi connectivity index (χ3n) is 4.06. The van der Waals surface area contributed by atoms with Crippen LogP contribution in [-0.2, 0) is 9.59 Å². The fourth-order valence-corrected chi connectivity index (χ4v) is 2.87. The van der Waals surface area contributed by atoms with Crippen LogP contribution < -0.4 is 0 Å². The number of likely N-dealkylation sites (tertiary alicyclic amines) is 1. The number of fused-ring (bicyclic) bond motifs is 1. The third-order valence-corrected chi connectivity index (χ3v) is 4.06. The standard InChI is InChI=1S/C16H17NO4/c1-10(14-9-11-5-2-3-7-13(11)21-14)15(18)17-8-4-6-12(17)16(19)20/h2-3,5,7,9-10,12H,4,6,8H2,1H3,(H,19,20)/t10?,12-/m1/s1. The van der Waals surface area contributed by atoms with Crippen molar-refractivity contribution in [1.82, 2.24) is 4.90 Å². The molecular formula is C16H17NO4. The van der Waals surface area contributed by atoms with Gasteiger partial charge in [-0.1, -0.05) is 18.2 Å². The largest absolute Gasteiger partial charge is 0.480 e. The van der Waals surface area contributed by atoms with Crippen molar-refractivity contribution in [1.29, 1.82) is 0 Å². The van der Waals surface area contributed by atoms with E-state index in [4.69, 9.17) is 4.42 Å². The van der Waals surface area contributed by atoms with Crippen LogP contribution in [0.1, 0.15) is 31.4 Å². The molecule has 1 N–H and O–H groups in total. The van der Waals surface area contributed by atoms with E-state index in [1.54, 1.807) is 6.92 Å². The average Bonchev–Trinajstić information content (AvgIpc) is 3.11. The molecule has 0 bridgehead atoms. The van der Waals surface area contributed by atoms with Crippen LogP contribution in [0.3, 0.4) is 0 Å². The second-order valence-corrected chi connectivity index (χ2v) is 5.44. The third kappa shape index (κ3) is 2.39. The highest BCUT2D eigenvalue weighted by atomic mass is 16.4. The molecule has 1 saturated heterocycles. The topological polar surface area (TPSA) is 70.8 Å². The molecule has 0 radical (unpaired) electrons. The van der Waals surface area contributed by atoms with Gasteiger partial charge in [0.15, 0.2) is 0 Å². The molecule has 1 aliphatic heterocycles. The van der Waals surface area contributed by atoms with E-state index in [9.17, 15) is 14.7 Å². The highest BCUT2D eigenvalue weighted by molar-refractivity contribution is 5.89. The molecular weight excluding hydrogens is 270 g/mol. The Hall–Kier alpha value is -2.30. The first kappa shape index (κ1) is 13.7. The Morgan fingerprint density at radius 2 is 2.14 bits per heavy atom.